The Morgan fingerprint density at radius 1 is 1.29 bits per heavy atom. The minimum atomic E-state index is -0.992. The van der Waals surface area contributed by atoms with Crippen LogP contribution >= 0.6 is 11.6 Å². The first-order valence-corrected chi connectivity index (χ1v) is 5.77. The Morgan fingerprint density at radius 2 is 1.94 bits per heavy atom. The monoisotopic (exact) mass is 248 g/mol. The average Bonchev–Trinajstić information content (AvgIpc) is 2.29. The summed E-state index contributed by atoms with van der Waals surface area (Å²) in [4.78, 5) is 10.2. The molecule has 0 aliphatic heterocycles. The van der Waals surface area contributed by atoms with Crippen molar-refractivity contribution in [1.29, 1.82) is 0 Å². The van der Waals surface area contributed by atoms with Gasteiger partial charge >= 0.3 is 5.97 Å². The third kappa shape index (κ3) is 2.13. The summed E-state index contributed by atoms with van der Waals surface area (Å²) in [6.07, 6.45) is 6.85. The molecule has 17 heavy (non-hydrogen) atoms. The third-order valence-electron chi connectivity index (χ3n) is 2.97. The van der Waals surface area contributed by atoms with Crippen LogP contribution in [0.4, 0.5) is 0 Å². The van der Waals surface area contributed by atoms with Crippen LogP contribution in [0.5, 0.6) is 0 Å². The molecule has 0 saturated carbocycles. The second-order valence-electron chi connectivity index (χ2n) is 4.19. The Morgan fingerprint density at radius 3 is 2.53 bits per heavy atom. The lowest BCUT2D eigenvalue weighted by molar-refractivity contribution is -0.140. The number of carbonyl (C=O) groups is 1. The van der Waals surface area contributed by atoms with Gasteiger partial charge in [0.1, 0.15) is 10.8 Å². The fourth-order valence-electron chi connectivity index (χ4n) is 1.96. The molecular formula is C14H13ClO2. The van der Waals surface area contributed by atoms with Crippen molar-refractivity contribution in [2.45, 2.75) is 11.8 Å². The zero-order valence-electron chi connectivity index (χ0n) is 9.43. The van der Waals surface area contributed by atoms with E-state index < -0.39 is 16.8 Å². The molecule has 0 fully saturated rings. The van der Waals surface area contributed by atoms with Crippen LogP contribution in [0.25, 0.3) is 0 Å². The highest BCUT2D eigenvalue weighted by Crippen LogP contribution is 2.41. The molecule has 0 aromatic heterocycles. The summed E-state index contributed by atoms with van der Waals surface area (Å²) in [7, 11) is 0. The van der Waals surface area contributed by atoms with Gasteiger partial charge in [0.2, 0.25) is 0 Å². The minimum absolute atomic E-state index is 0.739. The Balaban J connectivity index is 2.46. The summed E-state index contributed by atoms with van der Waals surface area (Å²) >= 11 is 6.49. The number of halogens is 1. The Labute approximate surface area is 105 Å². The van der Waals surface area contributed by atoms with Crippen molar-refractivity contribution in [3.63, 3.8) is 0 Å². The van der Waals surface area contributed by atoms with E-state index in [0.29, 0.717) is 0 Å². The molecule has 0 heterocycles. The van der Waals surface area contributed by atoms with E-state index in [1.54, 1.807) is 24.3 Å². The average molecular weight is 249 g/mol. The predicted molar refractivity (Wildman–Crippen MR) is 68.1 cm³/mol. The maximum Gasteiger partial charge on any atom is 0.312 e. The molecule has 3 heteroatoms. The summed E-state index contributed by atoms with van der Waals surface area (Å²) < 4.78 is 0. The molecule has 2 nitrogen and oxygen atoms in total. The van der Waals surface area contributed by atoms with Crippen LogP contribution < -0.4 is 0 Å². The van der Waals surface area contributed by atoms with Crippen LogP contribution in [0.3, 0.4) is 0 Å². The second-order valence-corrected chi connectivity index (χ2v) is 4.82. The van der Waals surface area contributed by atoms with Crippen LogP contribution in [0.2, 0.25) is 0 Å². The quantitative estimate of drug-likeness (QED) is 0.816. The van der Waals surface area contributed by atoms with E-state index in [4.69, 9.17) is 11.6 Å². The number of carboxylic acid groups (broad SMARTS) is 1. The van der Waals surface area contributed by atoms with E-state index in [9.17, 15) is 9.90 Å². The molecule has 88 valence electrons. The smallest absolute Gasteiger partial charge is 0.312 e. The molecule has 1 aliphatic rings. The zero-order valence-corrected chi connectivity index (χ0v) is 10.2. The molecule has 1 N–H and O–H groups in total. The maximum absolute atomic E-state index is 11.2. The SMILES string of the molecule is Cc1ccc(C2(Cl)C=CC=CC2C(=O)O)cc1. The zero-order chi connectivity index (χ0) is 12.5. The number of aryl methyl sites for hydroxylation is 1. The summed E-state index contributed by atoms with van der Waals surface area (Å²) in [6.45, 7) is 1.98. The molecule has 0 amide bonds. The first-order valence-electron chi connectivity index (χ1n) is 5.39. The molecule has 2 atom stereocenters. The van der Waals surface area contributed by atoms with Gasteiger partial charge in [-0.3, -0.25) is 4.79 Å². The van der Waals surface area contributed by atoms with Gasteiger partial charge in [0.05, 0.1) is 0 Å². The highest BCUT2D eigenvalue weighted by atomic mass is 35.5. The van der Waals surface area contributed by atoms with Crippen molar-refractivity contribution in [3.05, 3.63) is 59.7 Å². The van der Waals surface area contributed by atoms with Gasteiger partial charge in [0, 0.05) is 0 Å². The molecule has 0 spiro atoms. The van der Waals surface area contributed by atoms with Crippen molar-refractivity contribution in [1.82, 2.24) is 0 Å². The van der Waals surface area contributed by atoms with Crippen molar-refractivity contribution in [2.75, 3.05) is 0 Å². The minimum Gasteiger partial charge on any atom is -0.481 e. The van der Waals surface area contributed by atoms with Crippen LogP contribution in [-0.2, 0) is 9.67 Å². The Bertz CT molecular complexity index is 487. The van der Waals surface area contributed by atoms with Gasteiger partial charge in [-0.25, -0.2) is 0 Å². The summed E-state index contributed by atoms with van der Waals surface area (Å²) in [6, 6.07) is 7.62. The first kappa shape index (κ1) is 11.9. The standard InChI is InChI=1S/C14H13ClO2/c1-10-5-7-11(8-6-10)14(15)9-3-2-4-12(14)13(16)17/h2-9,12H,1H3,(H,16,17). The fraction of sp³-hybridized carbons (Fsp3) is 0.214. The van der Waals surface area contributed by atoms with Gasteiger partial charge in [0.25, 0.3) is 0 Å². The summed E-state index contributed by atoms with van der Waals surface area (Å²) in [5.41, 5.74) is 1.92. The summed E-state index contributed by atoms with van der Waals surface area (Å²) in [5, 5.41) is 9.22. The van der Waals surface area contributed by atoms with Crippen molar-refractivity contribution in [3.8, 4) is 0 Å². The topological polar surface area (TPSA) is 37.3 Å². The fourth-order valence-corrected chi connectivity index (χ4v) is 2.33. The van der Waals surface area contributed by atoms with E-state index in [1.807, 2.05) is 31.2 Å². The summed E-state index contributed by atoms with van der Waals surface area (Å²) in [5.74, 6) is -1.65. The van der Waals surface area contributed by atoms with Gasteiger partial charge < -0.3 is 5.11 Å². The maximum atomic E-state index is 11.2. The van der Waals surface area contributed by atoms with Crippen LogP contribution in [-0.4, -0.2) is 11.1 Å². The number of hydrogen-bond acceptors (Lipinski definition) is 1. The second kappa shape index (κ2) is 4.38. The van der Waals surface area contributed by atoms with E-state index in [-0.39, 0.29) is 0 Å². The number of rotatable bonds is 2. The molecule has 0 saturated heterocycles. The lowest BCUT2D eigenvalue weighted by atomic mass is 9.82. The molecule has 2 unspecified atom stereocenters. The van der Waals surface area contributed by atoms with Gasteiger partial charge in [-0.1, -0.05) is 54.1 Å². The normalized spacial score (nSPS) is 27.1. The van der Waals surface area contributed by atoms with Gasteiger partial charge in [0.15, 0.2) is 0 Å². The van der Waals surface area contributed by atoms with Gasteiger partial charge in [-0.2, -0.15) is 0 Å². The van der Waals surface area contributed by atoms with Crippen molar-refractivity contribution in [2.24, 2.45) is 5.92 Å². The lowest BCUT2D eigenvalue weighted by Crippen LogP contribution is -2.33. The number of hydrogen-bond donors (Lipinski definition) is 1. The number of benzene rings is 1. The number of allylic oxidation sites excluding steroid dienone is 3. The van der Waals surface area contributed by atoms with E-state index in [2.05, 4.69) is 0 Å². The molecule has 1 aromatic carbocycles. The van der Waals surface area contributed by atoms with Crippen LogP contribution in [0, 0.1) is 12.8 Å². The van der Waals surface area contributed by atoms with Crippen LogP contribution in [0.1, 0.15) is 11.1 Å². The molecule has 2 rings (SSSR count). The molecule has 0 radical (unpaired) electrons. The van der Waals surface area contributed by atoms with Crippen molar-refractivity contribution >= 4 is 17.6 Å². The number of carboxylic acids is 1. The van der Waals surface area contributed by atoms with Crippen molar-refractivity contribution < 1.29 is 9.90 Å². The predicted octanol–water partition coefficient (Wildman–Crippen LogP) is 3.26. The van der Waals surface area contributed by atoms with E-state index >= 15 is 0 Å². The molecule has 1 aliphatic carbocycles. The van der Waals surface area contributed by atoms with E-state index in [0.717, 1.165) is 11.1 Å². The number of alkyl halides is 1. The number of aliphatic carboxylic acids is 1. The van der Waals surface area contributed by atoms with Crippen LogP contribution in [0.15, 0.2) is 48.6 Å². The first-order chi connectivity index (χ1) is 8.04. The Hall–Kier alpha value is -1.54. The highest BCUT2D eigenvalue weighted by molar-refractivity contribution is 6.27. The largest absolute Gasteiger partial charge is 0.481 e. The lowest BCUT2D eigenvalue weighted by Gasteiger charge is -2.30. The molecular weight excluding hydrogens is 236 g/mol. The van der Waals surface area contributed by atoms with E-state index in [1.165, 1.54) is 0 Å². The molecule has 0 bridgehead atoms. The Kier molecular flexibility index (Phi) is 3.07. The van der Waals surface area contributed by atoms with Gasteiger partial charge in [-0.15, -0.1) is 11.6 Å². The van der Waals surface area contributed by atoms with Gasteiger partial charge in [-0.05, 0) is 12.5 Å². The molecule has 1 aromatic rings. The highest BCUT2D eigenvalue weighted by Gasteiger charge is 2.40. The third-order valence-corrected chi connectivity index (χ3v) is 3.55.